The minimum absolute atomic E-state index is 0.121. The van der Waals surface area contributed by atoms with Gasteiger partial charge in [-0.3, -0.25) is 0 Å². The highest BCUT2D eigenvalue weighted by atomic mass is 32.1. The molecule has 0 radical (unpaired) electrons. The summed E-state index contributed by atoms with van der Waals surface area (Å²) in [5, 5.41) is 2.12. The highest BCUT2D eigenvalue weighted by Gasteiger charge is 2.06. The van der Waals surface area contributed by atoms with Crippen LogP contribution < -0.4 is 10.5 Å². The van der Waals surface area contributed by atoms with E-state index in [-0.39, 0.29) is 6.04 Å². The third-order valence-corrected chi connectivity index (χ3v) is 4.00. The number of aryl methyl sites for hydroxylation is 1. The summed E-state index contributed by atoms with van der Waals surface area (Å²) < 4.78 is 5.14. The van der Waals surface area contributed by atoms with Gasteiger partial charge in [-0.2, -0.15) is 0 Å². The summed E-state index contributed by atoms with van der Waals surface area (Å²) in [7, 11) is 1.68. The lowest BCUT2D eigenvalue weighted by molar-refractivity contribution is 0.414. The first-order valence-corrected chi connectivity index (χ1v) is 7.09. The van der Waals surface area contributed by atoms with Crippen molar-refractivity contribution in [2.45, 2.75) is 25.3 Å². The van der Waals surface area contributed by atoms with E-state index < -0.39 is 0 Å². The molecule has 2 aromatic rings. The van der Waals surface area contributed by atoms with Crippen molar-refractivity contribution in [3.63, 3.8) is 0 Å². The predicted octanol–water partition coefficient (Wildman–Crippen LogP) is 3.78. The molecule has 96 valence electrons. The molecule has 1 atom stereocenters. The standard InChI is InChI=1S/C15H19NOS/c1-17-13-9-7-12(8-10-13)15(16)6-2-4-14-5-3-11-18-14/h3,5,7-11,15H,2,4,6,16H2,1H3. The molecular formula is C15H19NOS. The molecule has 0 aliphatic rings. The molecule has 1 aromatic carbocycles. The molecule has 0 amide bonds. The summed E-state index contributed by atoms with van der Waals surface area (Å²) in [6.45, 7) is 0. The lowest BCUT2D eigenvalue weighted by Crippen LogP contribution is -2.10. The molecule has 0 saturated heterocycles. The molecule has 0 spiro atoms. The van der Waals surface area contributed by atoms with E-state index in [1.165, 1.54) is 10.4 Å². The average molecular weight is 261 g/mol. The Kier molecular flexibility index (Phi) is 4.79. The van der Waals surface area contributed by atoms with E-state index in [0.29, 0.717) is 0 Å². The Balaban J connectivity index is 1.81. The first kappa shape index (κ1) is 13.1. The minimum atomic E-state index is 0.121. The number of methoxy groups -OCH3 is 1. The van der Waals surface area contributed by atoms with Gasteiger partial charge in [-0.15, -0.1) is 11.3 Å². The molecule has 3 heteroatoms. The number of rotatable bonds is 6. The number of nitrogens with two attached hydrogens (primary N) is 1. The Morgan fingerprint density at radius 1 is 1.22 bits per heavy atom. The third kappa shape index (κ3) is 3.59. The Morgan fingerprint density at radius 3 is 2.61 bits per heavy atom. The second kappa shape index (κ2) is 6.57. The van der Waals surface area contributed by atoms with E-state index in [0.717, 1.165) is 25.0 Å². The number of ether oxygens (including phenoxy) is 1. The lowest BCUT2D eigenvalue weighted by atomic mass is 10.0. The van der Waals surface area contributed by atoms with E-state index >= 15 is 0 Å². The van der Waals surface area contributed by atoms with E-state index in [1.807, 2.05) is 23.5 Å². The van der Waals surface area contributed by atoms with Gasteiger partial charge in [-0.05, 0) is 48.4 Å². The van der Waals surface area contributed by atoms with Gasteiger partial charge in [0, 0.05) is 10.9 Å². The Bertz CT molecular complexity index is 450. The average Bonchev–Trinajstić information content (AvgIpc) is 2.92. The van der Waals surface area contributed by atoms with Crippen LogP contribution in [0.15, 0.2) is 41.8 Å². The zero-order valence-electron chi connectivity index (χ0n) is 10.6. The van der Waals surface area contributed by atoms with Crippen molar-refractivity contribution in [2.75, 3.05) is 7.11 Å². The molecule has 2 N–H and O–H groups in total. The van der Waals surface area contributed by atoms with E-state index in [9.17, 15) is 0 Å². The van der Waals surface area contributed by atoms with Crippen LogP contribution >= 0.6 is 11.3 Å². The second-order valence-electron chi connectivity index (χ2n) is 4.35. The minimum Gasteiger partial charge on any atom is -0.497 e. The van der Waals surface area contributed by atoms with E-state index in [4.69, 9.17) is 10.5 Å². The van der Waals surface area contributed by atoms with Crippen LogP contribution in [0, 0.1) is 0 Å². The van der Waals surface area contributed by atoms with Crippen LogP contribution in [0.5, 0.6) is 5.75 Å². The third-order valence-electron chi connectivity index (χ3n) is 3.06. The van der Waals surface area contributed by atoms with Gasteiger partial charge in [0.05, 0.1) is 7.11 Å². The smallest absolute Gasteiger partial charge is 0.118 e. The fourth-order valence-corrected chi connectivity index (χ4v) is 2.72. The lowest BCUT2D eigenvalue weighted by Gasteiger charge is -2.12. The summed E-state index contributed by atoms with van der Waals surface area (Å²) in [5.74, 6) is 0.879. The van der Waals surface area contributed by atoms with Gasteiger partial charge in [-0.25, -0.2) is 0 Å². The van der Waals surface area contributed by atoms with Crippen LogP contribution in [0.3, 0.4) is 0 Å². The topological polar surface area (TPSA) is 35.2 Å². The van der Waals surface area contributed by atoms with Crippen LogP contribution in [0.4, 0.5) is 0 Å². The van der Waals surface area contributed by atoms with Crippen LogP contribution in [0.1, 0.15) is 29.3 Å². The van der Waals surface area contributed by atoms with Crippen LogP contribution in [0.2, 0.25) is 0 Å². The molecule has 0 aliphatic heterocycles. The molecule has 0 fully saturated rings. The molecule has 1 heterocycles. The zero-order valence-corrected chi connectivity index (χ0v) is 11.5. The fraction of sp³-hybridized carbons (Fsp3) is 0.333. The summed E-state index contributed by atoms with van der Waals surface area (Å²) in [6.07, 6.45) is 3.28. The van der Waals surface area contributed by atoms with Gasteiger partial charge < -0.3 is 10.5 Å². The van der Waals surface area contributed by atoms with Gasteiger partial charge >= 0.3 is 0 Å². The second-order valence-corrected chi connectivity index (χ2v) is 5.38. The molecular weight excluding hydrogens is 242 g/mol. The maximum absolute atomic E-state index is 6.19. The Labute approximate surface area is 112 Å². The highest BCUT2D eigenvalue weighted by Crippen LogP contribution is 2.21. The van der Waals surface area contributed by atoms with Crippen LogP contribution in [-0.2, 0) is 6.42 Å². The van der Waals surface area contributed by atoms with Gasteiger partial charge in [0.25, 0.3) is 0 Å². The zero-order chi connectivity index (χ0) is 12.8. The monoisotopic (exact) mass is 261 g/mol. The molecule has 0 aliphatic carbocycles. The van der Waals surface area contributed by atoms with E-state index in [1.54, 1.807) is 7.11 Å². The van der Waals surface area contributed by atoms with Gasteiger partial charge in [0.2, 0.25) is 0 Å². The van der Waals surface area contributed by atoms with Crippen molar-refractivity contribution in [1.82, 2.24) is 0 Å². The van der Waals surface area contributed by atoms with Crippen LogP contribution in [0.25, 0.3) is 0 Å². The normalized spacial score (nSPS) is 12.3. The maximum Gasteiger partial charge on any atom is 0.118 e. The van der Waals surface area contributed by atoms with E-state index in [2.05, 4.69) is 29.6 Å². The number of benzene rings is 1. The van der Waals surface area contributed by atoms with Crippen molar-refractivity contribution >= 4 is 11.3 Å². The van der Waals surface area contributed by atoms with Crippen molar-refractivity contribution in [2.24, 2.45) is 5.73 Å². The summed E-state index contributed by atoms with van der Waals surface area (Å²) in [4.78, 5) is 1.44. The quantitative estimate of drug-likeness (QED) is 0.859. The summed E-state index contributed by atoms with van der Waals surface area (Å²) in [6, 6.07) is 12.4. The maximum atomic E-state index is 6.19. The predicted molar refractivity (Wildman–Crippen MR) is 77.2 cm³/mol. The molecule has 0 bridgehead atoms. The molecule has 18 heavy (non-hydrogen) atoms. The molecule has 1 unspecified atom stereocenters. The molecule has 0 saturated carbocycles. The Hall–Kier alpha value is -1.32. The first-order valence-electron chi connectivity index (χ1n) is 6.21. The van der Waals surface area contributed by atoms with Crippen molar-refractivity contribution in [1.29, 1.82) is 0 Å². The summed E-state index contributed by atoms with van der Waals surface area (Å²) in [5.41, 5.74) is 7.37. The number of thiophene rings is 1. The van der Waals surface area contributed by atoms with Crippen molar-refractivity contribution in [3.05, 3.63) is 52.2 Å². The van der Waals surface area contributed by atoms with Gasteiger partial charge in [-0.1, -0.05) is 18.2 Å². The largest absolute Gasteiger partial charge is 0.497 e. The van der Waals surface area contributed by atoms with Gasteiger partial charge in [0.15, 0.2) is 0 Å². The fourth-order valence-electron chi connectivity index (χ4n) is 1.97. The highest BCUT2D eigenvalue weighted by molar-refractivity contribution is 7.09. The van der Waals surface area contributed by atoms with Crippen LogP contribution in [-0.4, -0.2) is 7.11 Å². The summed E-state index contributed by atoms with van der Waals surface area (Å²) >= 11 is 1.82. The SMILES string of the molecule is COc1ccc(C(N)CCCc2cccs2)cc1. The van der Waals surface area contributed by atoms with Gasteiger partial charge in [0.1, 0.15) is 5.75 Å². The molecule has 2 rings (SSSR count). The molecule has 2 nitrogen and oxygen atoms in total. The number of hydrogen-bond donors (Lipinski definition) is 1. The van der Waals surface area contributed by atoms with Crippen molar-refractivity contribution in [3.8, 4) is 5.75 Å². The number of hydrogen-bond acceptors (Lipinski definition) is 3. The Morgan fingerprint density at radius 2 is 2.00 bits per heavy atom. The molecule has 1 aromatic heterocycles. The van der Waals surface area contributed by atoms with Crippen molar-refractivity contribution < 1.29 is 4.74 Å². The first-order chi connectivity index (χ1) is 8.79.